The summed E-state index contributed by atoms with van der Waals surface area (Å²) in [7, 11) is 0. The Morgan fingerprint density at radius 2 is 1.75 bits per heavy atom. The second kappa shape index (κ2) is 6.60. The lowest BCUT2D eigenvalue weighted by molar-refractivity contribution is 0.320. The summed E-state index contributed by atoms with van der Waals surface area (Å²) in [5.74, 6) is 0. The van der Waals surface area contributed by atoms with Crippen LogP contribution in [-0.2, 0) is 0 Å². The zero-order chi connectivity index (χ0) is 14.5. The van der Waals surface area contributed by atoms with Crippen molar-refractivity contribution in [2.24, 2.45) is 5.16 Å². The van der Waals surface area contributed by atoms with Crippen LogP contribution >= 0.6 is 23.2 Å². The molecule has 0 fully saturated rings. The normalized spacial score (nSPS) is 12.1. The molecular weight excluding hydrogens is 293 g/mol. The van der Waals surface area contributed by atoms with Crippen LogP contribution in [0.5, 0.6) is 0 Å². The molecule has 0 aromatic heterocycles. The Bertz CT molecular complexity index is 661. The monoisotopic (exact) mass is 305 g/mol. The van der Waals surface area contributed by atoms with E-state index in [1.54, 1.807) is 18.2 Å². The number of benzene rings is 2. The van der Waals surface area contributed by atoms with E-state index in [2.05, 4.69) is 5.16 Å². The van der Waals surface area contributed by atoms with Gasteiger partial charge in [0.1, 0.15) is 5.71 Å². The fourth-order valence-corrected chi connectivity index (χ4v) is 2.01. The molecule has 4 heteroatoms. The minimum absolute atomic E-state index is 0.482. The van der Waals surface area contributed by atoms with E-state index < -0.39 is 0 Å². The topological polar surface area (TPSA) is 32.6 Å². The minimum atomic E-state index is 0.482. The van der Waals surface area contributed by atoms with Crippen molar-refractivity contribution in [1.82, 2.24) is 0 Å². The number of nitrogens with zero attached hydrogens (tertiary/aromatic N) is 1. The second-order valence-corrected chi connectivity index (χ2v) is 5.17. The predicted molar refractivity (Wildman–Crippen MR) is 85.0 cm³/mol. The molecular formula is C16H13Cl2NO. The van der Waals surface area contributed by atoms with Gasteiger partial charge < -0.3 is 5.21 Å². The van der Waals surface area contributed by atoms with Crippen LogP contribution in [0.3, 0.4) is 0 Å². The van der Waals surface area contributed by atoms with Crippen LogP contribution < -0.4 is 0 Å². The molecule has 0 aliphatic heterocycles. The van der Waals surface area contributed by atoms with E-state index >= 15 is 0 Å². The Morgan fingerprint density at radius 1 is 1.05 bits per heavy atom. The van der Waals surface area contributed by atoms with E-state index in [1.807, 2.05) is 43.3 Å². The van der Waals surface area contributed by atoms with Crippen molar-refractivity contribution in [3.8, 4) is 0 Å². The molecule has 0 aliphatic carbocycles. The van der Waals surface area contributed by atoms with Gasteiger partial charge in [0.05, 0.1) is 10.0 Å². The third-order valence-electron chi connectivity index (χ3n) is 2.83. The van der Waals surface area contributed by atoms with Crippen molar-refractivity contribution in [2.45, 2.75) is 6.92 Å². The van der Waals surface area contributed by atoms with Crippen LogP contribution in [0.1, 0.15) is 16.7 Å². The summed E-state index contributed by atoms with van der Waals surface area (Å²) in [6.07, 6.45) is 3.54. The number of oxime groups is 1. The molecule has 0 heterocycles. The maximum absolute atomic E-state index is 9.12. The van der Waals surface area contributed by atoms with E-state index in [4.69, 9.17) is 28.4 Å². The third kappa shape index (κ3) is 3.62. The van der Waals surface area contributed by atoms with E-state index in [0.717, 1.165) is 16.7 Å². The van der Waals surface area contributed by atoms with Crippen LogP contribution in [0.15, 0.2) is 53.7 Å². The van der Waals surface area contributed by atoms with Crippen LogP contribution in [0.25, 0.3) is 6.08 Å². The number of hydrogen-bond donors (Lipinski definition) is 1. The molecule has 2 nitrogen and oxygen atoms in total. The molecule has 2 rings (SSSR count). The number of rotatable bonds is 3. The lowest BCUT2D eigenvalue weighted by Crippen LogP contribution is -1.96. The van der Waals surface area contributed by atoms with Gasteiger partial charge >= 0.3 is 0 Å². The Labute approximate surface area is 128 Å². The summed E-state index contributed by atoms with van der Waals surface area (Å²) in [6, 6.07) is 13.1. The van der Waals surface area contributed by atoms with Gasteiger partial charge in [-0.1, -0.05) is 70.3 Å². The molecule has 0 saturated heterocycles. The predicted octanol–water partition coefficient (Wildman–Crippen LogP) is 5.19. The highest BCUT2D eigenvalue weighted by Crippen LogP contribution is 2.23. The highest BCUT2D eigenvalue weighted by molar-refractivity contribution is 6.42. The molecule has 0 saturated carbocycles. The summed E-state index contributed by atoms with van der Waals surface area (Å²) in [5.41, 5.74) is 3.36. The number of aryl methyl sites for hydroxylation is 1. The molecule has 1 N–H and O–H groups in total. The van der Waals surface area contributed by atoms with Gasteiger partial charge in [0.25, 0.3) is 0 Å². The molecule has 0 atom stereocenters. The van der Waals surface area contributed by atoms with Crippen LogP contribution in [0, 0.1) is 6.92 Å². The van der Waals surface area contributed by atoms with Gasteiger partial charge in [0.15, 0.2) is 0 Å². The van der Waals surface area contributed by atoms with E-state index in [0.29, 0.717) is 15.8 Å². The van der Waals surface area contributed by atoms with E-state index in [-0.39, 0.29) is 0 Å². The molecule has 2 aromatic carbocycles. The van der Waals surface area contributed by atoms with Gasteiger partial charge in [-0.2, -0.15) is 0 Å². The average molecular weight is 306 g/mol. The van der Waals surface area contributed by atoms with Gasteiger partial charge in [-0.3, -0.25) is 0 Å². The molecule has 20 heavy (non-hydrogen) atoms. The van der Waals surface area contributed by atoms with E-state index in [9.17, 15) is 0 Å². The number of halogens is 2. The standard InChI is InChI=1S/C16H13Cl2NO/c1-11-2-6-13(7-3-11)16(19-20)9-5-12-4-8-14(17)15(18)10-12/h2-10,20H,1H3/b9-5+,19-16+. The largest absolute Gasteiger partial charge is 0.410 e. The van der Waals surface area contributed by atoms with Crippen LogP contribution in [0.4, 0.5) is 0 Å². The Hall–Kier alpha value is -1.77. The smallest absolute Gasteiger partial charge is 0.109 e. The van der Waals surface area contributed by atoms with E-state index in [1.165, 1.54) is 0 Å². The molecule has 0 bridgehead atoms. The lowest BCUT2D eigenvalue weighted by atomic mass is 10.1. The van der Waals surface area contributed by atoms with Gasteiger partial charge in [-0.15, -0.1) is 0 Å². The van der Waals surface area contributed by atoms with Crippen molar-refractivity contribution >= 4 is 35.0 Å². The maximum atomic E-state index is 9.12. The maximum Gasteiger partial charge on any atom is 0.109 e. The highest BCUT2D eigenvalue weighted by Gasteiger charge is 2.01. The van der Waals surface area contributed by atoms with Gasteiger partial charge in [-0.05, 0) is 30.7 Å². The summed E-state index contributed by atoms with van der Waals surface area (Å²) >= 11 is 11.8. The summed E-state index contributed by atoms with van der Waals surface area (Å²) < 4.78 is 0. The zero-order valence-electron chi connectivity index (χ0n) is 10.8. The molecule has 102 valence electrons. The summed E-state index contributed by atoms with van der Waals surface area (Å²) in [5, 5.41) is 13.4. The average Bonchev–Trinajstić information content (AvgIpc) is 2.45. The first kappa shape index (κ1) is 14.6. The first-order chi connectivity index (χ1) is 9.60. The quantitative estimate of drug-likeness (QED) is 0.472. The Kier molecular flexibility index (Phi) is 4.83. The summed E-state index contributed by atoms with van der Waals surface area (Å²) in [6.45, 7) is 2.01. The van der Waals surface area contributed by atoms with Crippen molar-refractivity contribution in [2.75, 3.05) is 0 Å². The molecule has 0 aliphatic rings. The lowest BCUT2D eigenvalue weighted by Gasteiger charge is -2.01. The second-order valence-electron chi connectivity index (χ2n) is 4.36. The fourth-order valence-electron chi connectivity index (χ4n) is 1.70. The highest BCUT2D eigenvalue weighted by atomic mass is 35.5. The SMILES string of the molecule is Cc1ccc(C(/C=C/c2ccc(Cl)c(Cl)c2)=N/O)cc1. The van der Waals surface area contributed by atoms with Crippen molar-refractivity contribution in [3.05, 3.63) is 75.3 Å². The number of hydrogen-bond acceptors (Lipinski definition) is 2. The van der Waals surface area contributed by atoms with Crippen LogP contribution in [0.2, 0.25) is 10.0 Å². The molecule has 0 unspecified atom stereocenters. The number of allylic oxidation sites excluding steroid dienone is 1. The summed E-state index contributed by atoms with van der Waals surface area (Å²) in [4.78, 5) is 0. The van der Waals surface area contributed by atoms with Gasteiger partial charge in [0.2, 0.25) is 0 Å². The van der Waals surface area contributed by atoms with Crippen molar-refractivity contribution in [1.29, 1.82) is 0 Å². The van der Waals surface area contributed by atoms with Gasteiger partial charge in [-0.25, -0.2) is 0 Å². The van der Waals surface area contributed by atoms with Crippen LogP contribution in [-0.4, -0.2) is 10.9 Å². The minimum Gasteiger partial charge on any atom is -0.410 e. The first-order valence-corrected chi connectivity index (χ1v) is 6.78. The first-order valence-electron chi connectivity index (χ1n) is 6.02. The fraction of sp³-hybridized carbons (Fsp3) is 0.0625. The Balaban J connectivity index is 2.24. The third-order valence-corrected chi connectivity index (χ3v) is 3.57. The Morgan fingerprint density at radius 3 is 2.35 bits per heavy atom. The molecule has 0 radical (unpaired) electrons. The zero-order valence-corrected chi connectivity index (χ0v) is 12.4. The van der Waals surface area contributed by atoms with Crippen molar-refractivity contribution < 1.29 is 5.21 Å². The molecule has 0 amide bonds. The molecule has 0 spiro atoms. The van der Waals surface area contributed by atoms with Gasteiger partial charge in [0, 0.05) is 5.56 Å². The van der Waals surface area contributed by atoms with Crippen molar-refractivity contribution in [3.63, 3.8) is 0 Å². The molecule has 2 aromatic rings.